The van der Waals surface area contributed by atoms with Crippen molar-refractivity contribution in [2.24, 2.45) is 0 Å². The Labute approximate surface area is 110 Å². The molecule has 1 aromatic carbocycles. The number of hydrogen-bond donors (Lipinski definition) is 0. The van der Waals surface area contributed by atoms with E-state index in [1.807, 2.05) is 16.9 Å². The van der Waals surface area contributed by atoms with E-state index in [2.05, 4.69) is 51.4 Å². The minimum Gasteiger partial charge on any atom is -0.220 e. The molecule has 0 saturated heterocycles. The van der Waals surface area contributed by atoms with Crippen LogP contribution in [-0.4, -0.2) is 20.3 Å². The molecule has 0 spiro atoms. The summed E-state index contributed by atoms with van der Waals surface area (Å²) < 4.78 is 1.88. The number of rotatable bonds is 5. The van der Waals surface area contributed by atoms with E-state index in [0.717, 1.165) is 36.0 Å². The number of nitrogens with zero attached hydrogens (tertiary/aromatic N) is 3. The van der Waals surface area contributed by atoms with E-state index in [1.165, 1.54) is 5.56 Å². The highest BCUT2D eigenvalue weighted by atomic mass is 79.9. The largest absolute Gasteiger partial charge is 0.220 e. The van der Waals surface area contributed by atoms with Crippen LogP contribution in [0.2, 0.25) is 0 Å². The lowest BCUT2D eigenvalue weighted by Gasteiger charge is -2.07. The summed E-state index contributed by atoms with van der Waals surface area (Å²) in [7, 11) is 0. The molecular formula is C13H16BrN3. The number of alkyl halides is 1. The highest BCUT2D eigenvalue weighted by molar-refractivity contribution is 9.09. The predicted molar refractivity (Wildman–Crippen MR) is 72.9 cm³/mol. The van der Waals surface area contributed by atoms with Gasteiger partial charge in [0.05, 0.1) is 17.6 Å². The summed E-state index contributed by atoms with van der Waals surface area (Å²) in [5.74, 6) is 0. The summed E-state index contributed by atoms with van der Waals surface area (Å²) in [5, 5.41) is 9.28. The van der Waals surface area contributed by atoms with Gasteiger partial charge in [-0.1, -0.05) is 52.7 Å². The van der Waals surface area contributed by atoms with Crippen LogP contribution in [0.15, 0.2) is 30.5 Å². The van der Waals surface area contributed by atoms with Crippen LogP contribution in [0, 0.1) is 0 Å². The molecule has 0 aliphatic heterocycles. The third-order valence-electron chi connectivity index (χ3n) is 2.65. The molecule has 1 heterocycles. The van der Waals surface area contributed by atoms with Crippen LogP contribution >= 0.6 is 15.9 Å². The van der Waals surface area contributed by atoms with Gasteiger partial charge in [-0.25, -0.2) is 4.68 Å². The molecule has 0 atom stereocenters. The van der Waals surface area contributed by atoms with Crippen molar-refractivity contribution < 1.29 is 0 Å². The Hall–Kier alpha value is -1.16. The lowest BCUT2D eigenvalue weighted by Crippen LogP contribution is -2.00. The molecule has 0 unspecified atom stereocenters. The molecule has 0 radical (unpaired) electrons. The number of para-hydroxylation sites is 1. The molecule has 0 aliphatic rings. The maximum atomic E-state index is 4.19. The number of aromatic nitrogens is 3. The standard InChI is InChI=1S/C13H16BrN3/c1-2-5-11-6-3-4-7-13(11)17-10-12(8-9-14)15-16-17/h3-4,6-7,10H,2,5,8-9H2,1H3. The molecule has 0 amide bonds. The fraction of sp³-hybridized carbons (Fsp3) is 0.385. The van der Waals surface area contributed by atoms with Crippen molar-refractivity contribution in [3.05, 3.63) is 41.7 Å². The summed E-state index contributed by atoms with van der Waals surface area (Å²) in [4.78, 5) is 0. The van der Waals surface area contributed by atoms with Gasteiger partial charge in [-0.05, 0) is 18.1 Å². The maximum absolute atomic E-state index is 4.19. The van der Waals surface area contributed by atoms with E-state index in [1.54, 1.807) is 0 Å². The number of aryl methyl sites for hydroxylation is 2. The Balaban J connectivity index is 2.31. The van der Waals surface area contributed by atoms with Crippen molar-refractivity contribution in [1.29, 1.82) is 0 Å². The first-order valence-corrected chi connectivity index (χ1v) is 7.02. The van der Waals surface area contributed by atoms with Crippen LogP contribution in [-0.2, 0) is 12.8 Å². The Kier molecular flexibility index (Phi) is 4.31. The summed E-state index contributed by atoms with van der Waals surface area (Å²) in [5.41, 5.74) is 3.49. The molecule has 1 aromatic heterocycles. The summed E-state index contributed by atoms with van der Waals surface area (Å²) in [6.07, 6.45) is 5.13. The van der Waals surface area contributed by atoms with Gasteiger partial charge < -0.3 is 0 Å². The van der Waals surface area contributed by atoms with Crippen molar-refractivity contribution in [2.75, 3.05) is 5.33 Å². The molecular weight excluding hydrogens is 278 g/mol. The van der Waals surface area contributed by atoms with Gasteiger partial charge in [0, 0.05) is 11.8 Å². The molecule has 2 rings (SSSR count). The van der Waals surface area contributed by atoms with E-state index >= 15 is 0 Å². The smallest absolute Gasteiger partial charge is 0.0840 e. The maximum Gasteiger partial charge on any atom is 0.0840 e. The summed E-state index contributed by atoms with van der Waals surface area (Å²) >= 11 is 3.41. The van der Waals surface area contributed by atoms with Gasteiger partial charge in [0.1, 0.15) is 0 Å². The first-order chi connectivity index (χ1) is 8.35. The van der Waals surface area contributed by atoms with Gasteiger partial charge in [0.25, 0.3) is 0 Å². The fourth-order valence-electron chi connectivity index (χ4n) is 1.84. The Morgan fingerprint density at radius 3 is 2.82 bits per heavy atom. The average Bonchev–Trinajstić information content (AvgIpc) is 2.79. The monoisotopic (exact) mass is 293 g/mol. The van der Waals surface area contributed by atoms with Crippen LogP contribution < -0.4 is 0 Å². The van der Waals surface area contributed by atoms with E-state index in [4.69, 9.17) is 0 Å². The first-order valence-electron chi connectivity index (χ1n) is 5.90. The van der Waals surface area contributed by atoms with Crippen LogP contribution in [0.4, 0.5) is 0 Å². The zero-order valence-electron chi connectivity index (χ0n) is 9.93. The van der Waals surface area contributed by atoms with E-state index in [-0.39, 0.29) is 0 Å². The average molecular weight is 294 g/mol. The second-order valence-corrected chi connectivity index (χ2v) is 4.77. The highest BCUT2D eigenvalue weighted by Gasteiger charge is 2.06. The van der Waals surface area contributed by atoms with E-state index in [9.17, 15) is 0 Å². The highest BCUT2D eigenvalue weighted by Crippen LogP contribution is 2.15. The molecule has 2 aromatic rings. The Bertz CT molecular complexity index is 479. The normalized spacial score (nSPS) is 10.7. The summed E-state index contributed by atoms with van der Waals surface area (Å²) in [6, 6.07) is 8.37. The van der Waals surface area contributed by atoms with E-state index < -0.39 is 0 Å². The van der Waals surface area contributed by atoms with Gasteiger partial charge in [-0.3, -0.25) is 0 Å². The minimum absolute atomic E-state index is 0.913. The van der Waals surface area contributed by atoms with Gasteiger partial charge in [-0.15, -0.1) is 5.10 Å². The van der Waals surface area contributed by atoms with Crippen LogP contribution in [0.3, 0.4) is 0 Å². The lowest BCUT2D eigenvalue weighted by atomic mass is 10.1. The van der Waals surface area contributed by atoms with Crippen molar-refractivity contribution in [1.82, 2.24) is 15.0 Å². The fourth-order valence-corrected chi connectivity index (χ4v) is 2.25. The van der Waals surface area contributed by atoms with Crippen LogP contribution in [0.25, 0.3) is 5.69 Å². The quantitative estimate of drug-likeness (QED) is 0.793. The molecule has 17 heavy (non-hydrogen) atoms. The molecule has 90 valence electrons. The molecule has 4 heteroatoms. The van der Waals surface area contributed by atoms with Crippen molar-refractivity contribution >= 4 is 15.9 Å². The second kappa shape index (κ2) is 5.96. The van der Waals surface area contributed by atoms with E-state index in [0.29, 0.717) is 0 Å². The molecule has 0 N–H and O–H groups in total. The Morgan fingerprint density at radius 1 is 1.24 bits per heavy atom. The predicted octanol–water partition coefficient (Wildman–Crippen LogP) is 3.16. The zero-order valence-corrected chi connectivity index (χ0v) is 11.5. The van der Waals surface area contributed by atoms with Gasteiger partial charge in [0.2, 0.25) is 0 Å². The van der Waals surface area contributed by atoms with Gasteiger partial charge >= 0.3 is 0 Å². The number of benzene rings is 1. The molecule has 0 saturated carbocycles. The van der Waals surface area contributed by atoms with Gasteiger partial charge in [0.15, 0.2) is 0 Å². The lowest BCUT2D eigenvalue weighted by molar-refractivity contribution is 0.781. The van der Waals surface area contributed by atoms with Crippen LogP contribution in [0.5, 0.6) is 0 Å². The molecule has 0 fully saturated rings. The summed E-state index contributed by atoms with van der Waals surface area (Å²) in [6.45, 7) is 2.19. The van der Waals surface area contributed by atoms with Gasteiger partial charge in [-0.2, -0.15) is 0 Å². The minimum atomic E-state index is 0.913. The third-order valence-corrected chi connectivity index (χ3v) is 3.05. The van der Waals surface area contributed by atoms with Crippen molar-refractivity contribution in [3.8, 4) is 5.69 Å². The second-order valence-electron chi connectivity index (χ2n) is 3.97. The number of hydrogen-bond acceptors (Lipinski definition) is 2. The molecule has 3 nitrogen and oxygen atoms in total. The topological polar surface area (TPSA) is 30.7 Å². The Morgan fingerprint density at radius 2 is 2.06 bits per heavy atom. The van der Waals surface area contributed by atoms with Crippen molar-refractivity contribution in [3.63, 3.8) is 0 Å². The SMILES string of the molecule is CCCc1ccccc1-n1cc(CCBr)nn1. The first kappa shape index (κ1) is 12.3. The van der Waals surface area contributed by atoms with Crippen LogP contribution in [0.1, 0.15) is 24.6 Å². The third kappa shape index (κ3) is 2.94. The number of halogens is 1. The zero-order chi connectivity index (χ0) is 12.1. The molecule has 0 aliphatic carbocycles. The molecule has 0 bridgehead atoms. The van der Waals surface area contributed by atoms with Crippen molar-refractivity contribution in [2.45, 2.75) is 26.2 Å².